The summed E-state index contributed by atoms with van der Waals surface area (Å²) in [4.78, 5) is 2.37. The van der Waals surface area contributed by atoms with Gasteiger partial charge in [0, 0.05) is 54.9 Å². The second kappa shape index (κ2) is 13.6. The van der Waals surface area contributed by atoms with E-state index in [1.54, 1.807) is 0 Å². The number of aromatic nitrogens is 1. The van der Waals surface area contributed by atoms with Gasteiger partial charge in [-0.1, -0.05) is 146 Å². The topological polar surface area (TPSA) is 34.5 Å². The Labute approximate surface area is 356 Å². The van der Waals surface area contributed by atoms with Gasteiger partial charge in [-0.2, -0.15) is 0 Å². The average molecular weight is 793 g/mol. The van der Waals surface area contributed by atoms with E-state index in [4.69, 9.17) is 8.83 Å². The van der Waals surface area contributed by atoms with Crippen molar-refractivity contribution in [3.8, 4) is 27.9 Å². The van der Waals surface area contributed by atoms with Crippen LogP contribution in [0.1, 0.15) is 0 Å². The van der Waals surface area contributed by atoms with Crippen molar-refractivity contribution in [3.63, 3.8) is 0 Å². The Morgan fingerprint density at radius 2 is 1.00 bits per heavy atom. The van der Waals surface area contributed by atoms with Crippen LogP contribution in [-0.4, -0.2) is 4.57 Å². The summed E-state index contributed by atoms with van der Waals surface area (Å²) in [6.07, 6.45) is 0. The van der Waals surface area contributed by atoms with Gasteiger partial charge in [-0.15, -0.1) is 0 Å². The summed E-state index contributed by atoms with van der Waals surface area (Å²) in [5.74, 6) is 0. The fraction of sp³-hybridized carbons (Fsp3) is 0. The van der Waals surface area contributed by atoms with Crippen molar-refractivity contribution in [1.29, 1.82) is 0 Å². The molecule has 13 aromatic rings. The molecule has 0 unspecified atom stereocenters. The lowest BCUT2D eigenvalue weighted by Crippen LogP contribution is -2.10. The summed E-state index contributed by atoms with van der Waals surface area (Å²) in [6.45, 7) is 0. The summed E-state index contributed by atoms with van der Waals surface area (Å²) in [7, 11) is 0. The van der Waals surface area contributed by atoms with Gasteiger partial charge in [0.15, 0.2) is 0 Å². The van der Waals surface area contributed by atoms with Crippen LogP contribution in [0.5, 0.6) is 0 Å². The van der Waals surface area contributed by atoms with Crippen LogP contribution in [-0.2, 0) is 0 Å². The molecule has 0 saturated carbocycles. The van der Waals surface area contributed by atoms with Crippen LogP contribution < -0.4 is 4.90 Å². The molecule has 62 heavy (non-hydrogen) atoms. The Morgan fingerprint density at radius 3 is 1.84 bits per heavy atom. The molecule has 13 rings (SSSR count). The highest BCUT2D eigenvalue weighted by molar-refractivity contribution is 6.20. The fourth-order valence-electron chi connectivity index (χ4n) is 9.76. The number of hydrogen-bond donors (Lipinski definition) is 0. The van der Waals surface area contributed by atoms with Crippen LogP contribution in [0.25, 0.3) is 104 Å². The number of anilines is 3. The van der Waals surface area contributed by atoms with E-state index in [2.05, 4.69) is 216 Å². The van der Waals surface area contributed by atoms with Gasteiger partial charge >= 0.3 is 0 Å². The highest BCUT2D eigenvalue weighted by atomic mass is 16.3. The predicted octanol–water partition coefficient (Wildman–Crippen LogP) is 16.5. The summed E-state index contributed by atoms with van der Waals surface area (Å²) in [6, 6.07) is 77.9. The Morgan fingerprint density at radius 1 is 0.355 bits per heavy atom. The number of furan rings is 2. The highest BCUT2D eigenvalue weighted by Gasteiger charge is 2.22. The van der Waals surface area contributed by atoms with Crippen molar-refractivity contribution in [2.45, 2.75) is 0 Å². The molecule has 4 heteroatoms. The minimum absolute atomic E-state index is 0.848. The van der Waals surface area contributed by atoms with Crippen molar-refractivity contribution in [3.05, 3.63) is 218 Å². The van der Waals surface area contributed by atoms with Crippen LogP contribution >= 0.6 is 0 Å². The normalized spacial score (nSPS) is 11.9. The molecule has 0 amide bonds. The molecule has 0 saturated heterocycles. The van der Waals surface area contributed by atoms with E-state index in [0.717, 1.165) is 99.7 Å². The molecule has 0 N–H and O–H groups in total. The lowest BCUT2D eigenvalue weighted by molar-refractivity contribution is 0.670. The number of rotatable bonds is 6. The Kier molecular flexibility index (Phi) is 7.57. The van der Waals surface area contributed by atoms with Crippen LogP contribution in [0.3, 0.4) is 0 Å². The quantitative estimate of drug-likeness (QED) is 0.168. The minimum atomic E-state index is 0.848. The standard InChI is InChI=1S/C58H36N2O2/c1-2-18-44-38(13-1)31-34-50-56-53(26-12-28-55(56)62-58(44)50)59(42-16-10-15-40(36-42)45-22-11-23-49-48-21-5-8-27-54(48)61-57(45)49)41-32-29-37(30-33-41)39-14-9-17-43(35-39)60-51-24-6-3-19-46(51)47-20-4-7-25-52(47)60/h1-36H. The third kappa shape index (κ3) is 5.27. The first-order valence-electron chi connectivity index (χ1n) is 21.1. The molecule has 0 aliphatic carbocycles. The van der Waals surface area contributed by atoms with Crippen molar-refractivity contribution in [2.75, 3.05) is 4.90 Å². The fourth-order valence-corrected chi connectivity index (χ4v) is 9.76. The molecule has 10 aromatic carbocycles. The number of para-hydroxylation sites is 4. The molecule has 0 atom stereocenters. The maximum atomic E-state index is 6.73. The van der Waals surface area contributed by atoms with Crippen LogP contribution in [0.2, 0.25) is 0 Å². The maximum Gasteiger partial charge on any atom is 0.143 e. The van der Waals surface area contributed by atoms with Gasteiger partial charge in [0.2, 0.25) is 0 Å². The number of hydrogen-bond acceptors (Lipinski definition) is 3. The number of benzene rings is 10. The molecular weight excluding hydrogens is 757 g/mol. The summed E-state index contributed by atoms with van der Waals surface area (Å²) < 4.78 is 15.6. The molecule has 0 aliphatic heterocycles. The van der Waals surface area contributed by atoms with Gasteiger partial charge in [0.25, 0.3) is 0 Å². The molecular formula is C58H36N2O2. The molecule has 0 bridgehead atoms. The second-order valence-corrected chi connectivity index (χ2v) is 16.0. The lowest BCUT2D eigenvalue weighted by Gasteiger charge is -2.27. The first-order valence-corrected chi connectivity index (χ1v) is 21.1. The monoisotopic (exact) mass is 792 g/mol. The van der Waals surface area contributed by atoms with E-state index < -0.39 is 0 Å². The van der Waals surface area contributed by atoms with Gasteiger partial charge in [-0.05, 0) is 94.9 Å². The first kappa shape index (κ1) is 34.5. The largest absolute Gasteiger partial charge is 0.455 e. The highest BCUT2D eigenvalue weighted by Crippen LogP contribution is 2.46. The van der Waals surface area contributed by atoms with E-state index in [1.807, 2.05) is 12.1 Å². The molecule has 0 radical (unpaired) electrons. The Bertz CT molecular complexity index is 3830. The number of nitrogens with zero attached hydrogens (tertiary/aromatic N) is 2. The van der Waals surface area contributed by atoms with Crippen LogP contribution in [0.4, 0.5) is 17.1 Å². The summed E-state index contributed by atoms with van der Waals surface area (Å²) in [5, 5.41) is 9.15. The first-order chi connectivity index (χ1) is 30.7. The molecule has 0 spiro atoms. The zero-order chi connectivity index (χ0) is 40.7. The van der Waals surface area contributed by atoms with Crippen molar-refractivity contribution in [1.82, 2.24) is 4.57 Å². The summed E-state index contributed by atoms with van der Waals surface area (Å²) in [5.41, 5.74) is 14.6. The van der Waals surface area contributed by atoms with Gasteiger partial charge in [0.1, 0.15) is 22.3 Å². The zero-order valence-electron chi connectivity index (χ0n) is 33.5. The maximum absolute atomic E-state index is 6.73. The molecule has 290 valence electrons. The van der Waals surface area contributed by atoms with E-state index in [9.17, 15) is 0 Å². The van der Waals surface area contributed by atoms with Crippen molar-refractivity contribution < 1.29 is 8.83 Å². The third-order valence-corrected chi connectivity index (χ3v) is 12.6. The second-order valence-electron chi connectivity index (χ2n) is 16.0. The smallest absolute Gasteiger partial charge is 0.143 e. The van der Waals surface area contributed by atoms with Crippen molar-refractivity contribution >= 4 is 93.5 Å². The summed E-state index contributed by atoms with van der Waals surface area (Å²) >= 11 is 0. The van der Waals surface area contributed by atoms with E-state index in [-0.39, 0.29) is 0 Å². The molecule has 3 heterocycles. The van der Waals surface area contributed by atoms with Crippen LogP contribution in [0.15, 0.2) is 227 Å². The molecule has 0 aliphatic rings. The Balaban J connectivity index is 0.978. The van der Waals surface area contributed by atoms with Crippen molar-refractivity contribution in [2.24, 2.45) is 0 Å². The van der Waals surface area contributed by atoms with E-state index in [0.29, 0.717) is 0 Å². The van der Waals surface area contributed by atoms with Crippen LogP contribution in [0, 0.1) is 0 Å². The number of fused-ring (bicyclic) bond motifs is 11. The zero-order valence-corrected chi connectivity index (χ0v) is 33.5. The molecule has 0 fully saturated rings. The van der Waals surface area contributed by atoms with E-state index in [1.165, 1.54) is 21.8 Å². The van der Waals surface area contributed by atoms with E-state index >= 15 is 0 Å². The molecule has 3 aromatic heterocycles. The third-order valence-electron chi connectivity index (χ3n) is 12.6. The van der Waals surface area contributed by atoms with Gasteiger partial charge in [0.05, 0.1) is 22.1 Å². The average Bonchev–Trinajstić information content (AvgIpc) is 4.02. The molecule has 4 nitrogen and oxygen atoms in total. The Hall–Kier alpha value is -8.34. The minimum Gasteiger partial charge on any atom is -0.455 e. The van der Waals surface area contributed by atoms with Gasteiger partial charge < -0.3 is 18.3 Å². The van der Waals surface area contributed by atoms with Gasteiger partial charge in [-0.3, -0.25) is 0 Å². The SMILES string of the molecule is c1cc(-c2cccc3c2oc2ccccc23)cc(N(c2ccc(-c3cccc(-n4c5ccccc5c5ccccc54)c3)cc2)c2cccc3oc4c5ccccc5ccc4c23)c1. The van der Waals surface area contributed by atoms with Gasteiger partial charge in [-0.25, -0.2) is 0 Å². The predicted molar refractivity (Wildman–Crippen MR) is 258 cm³/mol. The lowest BCUT2D eigenvalue weighted by atomic mass is 10.00.